The zero-order valence-electron chi connectivity index (χ0n) is 16.4. The Labute approximate surface area is 174 Å². The highest BCUT2D eigenvalue weighted by atomic mass is 32.1. The van der Waals surface area contributed by atoms with Gasteiger partial charge < -0.3 is 16.5 Å². The fourth-order valence-electron chi connectivity index (χ4n) is 3.01. The second-order valence-corrected chi connectivity index (χ2v) is 7.55. The van der Waals surface area contributed by atoms with E-state index in [1.807, 2.05) is 48.7 Å². The average molecular weight is 410 g/mol. The first-order valence-corrected chi connectivity index (χ1v) is 10.1. The summed E-state index contributed by atoms with van der Waals surface area (Å²) in [5.74, 6) is 0. The molecule has 3 aromatic rings. The van der Waals surface area contributed by atoms with E-state index >= 15 is 4.48 Å². The van der Waals surface area contributed by atoms with Crippen LogP contribution in [0.3, 0.4) is 0 Å². The van der Waals surface area contributed by atoms with Crippen molar-refractivity contribution in [1.29, 1.82) is 5.41 Å². The van der Waals surface area contributed by atoms with Crippen LogP contribution in [0.1, 0.15) is 22.4 Å². The molecule has 150 valence electrons. The molecular weight excluding hydrogens is 385 g/mol. The molecule has 0 saturated heterocycles. The molecule has 0 spiro atoms. The summed E-state index contributed by atoms with van der Waals surface area (Å²) in [5.41, 5.74) is 10.7. The number of halogens is 1. The number of benzene rings is 1. The third-order valence-corrected chi connectivity index (χ3v) is 5.39. The van der Waals surface area contributed by atoms with Crippen molar-refractivity contribution < 1.29 is 4.48 Å². The number of anilines is 1. The summed E-state index contributed by atoms with van der Waals surface area (Å²) in [6.45, 7) is 2.30. The number of nitrogens with zero attached hydrogens (tertiary/aromatic N) is 2. The van der Waals surface area contributed by atoms with Crippen molar-refractivity contribution >= 4 is 28.8 Å². The van der Waals surface area contributed by atoms with E-state index in [4.69, 9.17) is 11.1 Å². The maximum absolute atomic E-state index is 15.1. The number of thiophene rings is 1. The highest BCUT2D eigenvalue weighted by molar-refractivity contribution is 7.13. The van der Waals surface area contributed by atoms with Gasteiger partial charge in [0.2, 0.25) is 0 Å². The standard InChI is InChI=1S/C22H24FN5S/c1-15-5-6-16(11-24)10-21(15)28(23)14-17-8-19(18(12-25)13-26-2)27-20(9-17)22-4-3-7-29-22/h3-10,12-13,25-26H,11,14,24H2,1-2H3/b18-13+,25-12?. The van der Waals surface area contributed by atoms with E-state index in [9.17, 15) is 0 Å². The van der Waals surface area contributed by atoms with Gasteiger partial charge in [0.15, 0.2) is 0 Å². The van der Waals surface area contributed by atoms with Crippen LogP contribution in [0, 0.1) is 12.3 Å². The van der Waals surface area contributed by atoms with Crippen LogP contribution in [0.4, 0.5) is 10.2 Å². The number of aromatic nitrogens is 1. The van der Waals surface area contributed by atoms with Crippen LogP contribution < -0.4 is 16.2 Å². The van der Waals surface area contributed by atoms with Crippen LogP contribution >= 0.6 is 11.3 Å². The number of nitrogens with two attached hydrogens (primary N) is 1. The van der Waals surface area contributed by atoms with Gasteiger partial charge >= 0.3 is 0 Å². The Balaban J connectivity index is 2.01. The molecule has 2 heterocycles. The fraction of sp³-hybridized carbons (Fsp3) is 0.182. The third kappa shape index (κ3) is 4.88. The Hall–Kier alpha value is -3.03. The Bertz CT molecular complexity index is 1010. The van der Waals surface area contributed by atoms with E-state index in [1.165, 1.54) is 6.21 Å². The van der Waals surface area contributed by atoms with Crippen molar-refractivity contribution in [3.05, 3.63) is 76.4 Å². The van der Waals surface area contributed by atoms with Gasteiger partial charge in [0.25, 0.3) is 0 Å². The lowest BCUT2D eigenvalue weighted by Gasteiger charge is -2.18. The molecule has 5 nitrogen and oxygen atoms in total. The lowest BCUT2D eigenvalue weighted by atomic mass is 10.1. The van der Waals surface area contributed by atoms with E-state index in [0.29, 0.717) is 23.5 Å². The molecule has 0 amide bonds. The summed E-state index contributed by atoms with van der Waals surface area (Å²) in [4.78, 5) is 5.68. The number of rotatable bonds is 8. The van der Waals surface area contributed by atoms with E-state index in [0.717, 1.165) is 32.4 Å². The Kier molecular flexibility index (Phi) is 6.74. The molecule has 4 N–H and O–H groups in total. The lowest BCUT2D eigenvalue weighted by Crippen LogP contribution is -2.14. The van der Waals surface area contributed by atoms with Gasteiger partial charge in [-0.1, -0.05) is 22.7 Å². The predicted octanol–water partition coefficient (Wildman–Crippen LogP) is 4.68. The van der Waals surface area contributed by atoms with Crippen molar-refractivity contribution in [1.82, 2.24) is 10.3 Å². The molecule has 0 saturated carbocycles. The largest absolute Gasteiger partial charge is 0.393 e. The maximum atomic E-state index is 15.1. The van der Waals surface area contributed by atoms with Crippen molar-refractivity contribution in [3.8, 4) is 10.6 Å². The van der Waals surface area contributed by atoms with Crippen molar-refractivity contribution in [2.24, 2.45) is 5.73 Å². The SMILES string of the molecule is CN/C=C(\C=N)c1cc(CN(F)c2cc(CN)ccc2C)cc(-c2cccs2)n1. The topological polar surface area (TPSA) is 78.0 Å². The summed E-state index contributed by atoms with van der Waals surface area (Å²) in [7, 11) is 1.77. The molecule has 0 fully saturated rings. The van der Waals surface area contributed by atoms with Crippen molar-refractivity contribution in [2.75, 3.05) is 12.2 Å². The fourth-order valence-corrected chi connectivity index (χ4v) is 3.70. The van der Waals surface area contributed by atoms with Gasteiger partial charge in [0.05, 0.1) is 28.5 Å². The Morgan fingerprint density at radius 2 is 2.10 bits per heavy atom. The first-order chi connectivity index (χ1) is 14.0. The van der Waals surface area contributed by atoms with Gasteiger partial charge in [-0.3, -0.25) is 0 Å². The molecule has 0 atom stereocenters. The summed E-state index contributed by atoms with van der Waals surface area (Å²) in [6, 6.07) is 13.2. The molecule has 0 aliphatic heterocycles. The van der Waals surface area contributed by atoms with E-state index in [2.05, 4.69) is 10.3 Å². The van der Waals surface area contributed by atoms with Gasteiger partial charge in [-0.2, -0.15) is 0 Å². The van der Waals surface area contributed by atoms with Gasteiger partial charge in [-0.05, 0) is 53.3 Å². The van der Waals surface area contributed by atoms with Crippen LogP contribution in [0.5, 0.6) is 0 Å². The van der Waals surface area contributed by atoms with Crippen LogP contribution in [-0.2, 0) is 13.1 Å². The monoisotopic (exact) mass is 409 g/mol. The number of allylic oxidation sites excluding steroid dienone is 1. The number of aryl methyl sites for hydroxylation is 1. The molecule has 3 rings (SSSR count). The molecule has 7 heteroatoms. The van der Waals surface area contributed by atoms with Gasteiger partial charge in [-0.15, -0.1) is 11.3 Å². The quantitative estimate of drug-likeness (QED) is 0.373. The maximum Gasteiger partial charge on any atom is 0.0812 e. The average Bonchev–Trinajstić information content (AvgIpc) is 3.27. The Morgan fingerprint density at radius 1 is 1.28 bits per heavy atom. The first-order valence-electron chi connectivity index (χ1n) is 9.21. The summed E-state index contributed by atoms with van der Waals surface area (Å²) in [6.07, 6.45) is 2.95. The number of nitrogens with one attached hydrogen (secondary N) is 2. The van der Waals surface area contributed by atoms with Crippen molar-refractivity contribution in [3.63, 3.8) is 0 Å². The first kappa shape index (κ1) is 20.7. The molecular formula is C22H24FN5S. The second kappa shape index (κ2) is 9.45. The van der Waals surface area contributed by atoms with Crippen LogP contribution in [0.25, 0.3) is 16.1 Å². The van der Waals surface area contributed by atoms with Crippen LogP contribution in [0.2, 0.25) is 0 Å². The molecule has 0 aliphatic carbocycles. The highest BCUT2D eigenvalue weighted by Crippen LogP contribution is 2.28. The van der Waals surface area contributed by atoms with Gasteiger partial charge in [0.1, 0.15) is 0 Å². The molecule has 29 heavy (non-hydrogen) atoms. The highest BCUT2D eigenvalue weighted by Gasteiger charge is 2.14. The summed E-state index contributed by atoms with van der Waals surface area (Å²) in [5, 5.41) is 13.3. The van der Waals surface area contributed by atoms with Crippen molar-refractivity contribution in [2.45, 2.75) is 20.0 Å². The minimum absolute atomic E-state index is 0.0631. The van der Waals surface area contributed by atoms with Gasteiger partial charge in [-0.25, -0.2) is 10.1 Å². The molecule has 0 radical (unpaired) electrons. The molecule has 1 aromatic carbocycles. The predicted molar refractivity (Wildman–Crippen MR) is 120 cm³/mol. The molecule has 0 aliphatic rings. The third-order valence-electron chi connectivity index (χ3n) is 4.50. The van der Waals surface area contributed by atoms with Crippen LogP contribution in [-0.4, -0.2) is 18.2 Å². The molecule has 0 unspecified atom stereocenters. The normalized spacial score (nSPS) is 11.4. The van der Waals surface area contributed by atoms with E-state index < -0.39 is 0 Å². The molecule has 0 bridgehead atoms. The summed E-state index contributed by atoms with van der Waals surface area (Å²) >= 11 is 1.57. The zero-order chi connectivity index (χ0) is 20.8. The number of hydrogen-bond donors (Lipinski definition) is 3. The Morgan fingerprint density at radius 3 is 2.76 bits per heavy atom. The van der Waals surface area contributed by atoms with E-state index in [-0.39, 0.29) is 6.54 Å². The minimum atomic E-state index is 0.0631. The number of pyridine rings is 1. The zero-order valence-corrected chi connectivity index (χ0v) is 17.3. The summed E-state index contributed by atoms with van der Waals surface area (Å²) < 4.78 is 15.1. The second-order valence-electron chi connectivity index (χ2n) is 6.60. The smallest absolute Gasteiger partial charge is 0.0812 e. The minimum Gasteiger partial charge on any atom is -0.393 e. The molecule has 2 aromatic heterocycles. The van der Waals surface area contributed by atoms with Gasteiger partial charge in [0, 0.05) is 31.6 Å². The number of hydrogen-bond acceptors (Lipinski definition) is 6. The van der Waals surface area contributed by atoms with E-state index in [1.54, 1.807) is 30.7 Å². The lowest BCUT2D eigenvalue weighted by molar-refractivity contribution is 0.428. The van der Waals surface area contributed by atoms with Crippen LogP contribution in [0.15, 0.2) is 54.0 Å².